The molecule has 0 bridgehead atoms. The molecule has 0 spiro atoms. The van der Waals surface area contributed by atoms with Gasteiger partial charge in [0.25, 0.3) is 0 Å². The van der Waals surface area contributed by atoms with Crippen LogP contribution in [0.1, 0.15) is 31.1 Å². The van der Waals surface area contributed by atoms with E-state index in [4.69, 9.17) is 4.74 Å². The molecule has 0 unspecified atom stereocenters. The van der Waals surface area contributed by atoms with Gasteiger partial charge in [0.2, 0.25) is 0 Å². The monoisotopic (exact) mass is 176 g/mol. The predicted octanol–water partition coefficient (Wildman–Crippen LogP) is 2.96. The summed E-state index contributed by atoms with van der Waals surface area (Å²) < 4.78 is 5.22. The minimum Gasteiger partial charge on any atom is -0.368 e. The van der Waals surface area contributed by atoms with E-state index in [0.717, 1.165) is 12.5 Å². The zero-order chi connectivity index (χ0) is 9.26. The van der Waals surface area contributed by atoms with Crippen LogP contribution in [-0.4, -0.2) is 6.61 Å². The van der Waals surface area contributed by atoms with Crippen molar-refractivity contribution in [1.29, 1.82) is 0 Å². The first kappa shape index (κ1) is 8.76. The smallest absolute Gasteiger partial charge is 0.106 e. The maximum atomic E-state index is 5.22. The molecule has 0 amide bonds. The summed E-state index contributed by atoms with van der Waals surface area (Å²) in [5, 5.41) is 0. The van der Waals surface area contributed by atoms with Crippen molar-refractivity contribution in [3.05, 3.63) is 35.4 Å². The van der Waals surface area contributed by atoms with E-state index in [1.54, 1.807) is 0 Å². The number of hydrogen-bond acceptors (Lipinski definition) is 1. The highest BCUT2D eigenvalue weighted by molar-refractivity contribution is 5.26. The Morgan fingerprint density at radius 2 is 1.92 bits per heavy atom. The van der Waals surface area contributed by atoms with E-state index < -0.39 is 0 Å². The summed E-state index contributed by atoms with van der Waals surface area (Å²) in [6, 6.07) is 8.82. The van der Waals surface area contributed by atoms with Crippen molar-refractivity contribution in [2.24, 2.45) is 5.92 Å². The second-order valence-electron chi connectivity index (χ2n) is 4.16. The minimum absolute atomic E-state index is 0.396. The van der Waals surface area contributed by atoms with E-state index in [1.807, 2.05) is 0 Å². The first-order chi connectivity index (χ1) is 6.25. The topological polar surface area (TPSA) is 12.5 Å². The van der Waals surface area contributed by atoms with E-state index in [0.29, 0.717) is 6.10 Å². The van der Waals surface area contributed by atoms with Gasteiger partial charge >= 0.3 is 0 Å². The molecule has 0 aromatic heterocycles. The van der Waals surface area contributed by atoms with Crippen LogP contribution in [0, 0.1) is 5.92 Å². The van der Waals surface area contributed by atoms with Crippen LogP contribution in [0.25, 0.3) is 0 Å². The standard InChI is InChI=1S/C12H16O/c1-9(2)7-10-3-5-11(6-4-10)12-8-13-12/h3-6,9,12H,7-8H2,1-2H3/t12-/m1/s1. The van der Waals surface area contributed by atoms with Crippen molar-refractivity contribution in [1.82, 2.24) is 0 Å². The quantitative estimate of drug-likeness (QED) is 0.645. The van der Waals surface area contributed by atoms with Gasteiger partial charge in [-0.2, -0.15) is 0 Å². The van der Waals surface area contributed by atoms with Crippen LogP contribution in [0.5, 0.6) is 0 Å². The molecule has 2 rings (SSSR count). The first-order valence-corrected chi connectivity index (χ1v) is 4.96. The number of rotatable bonds is 3. The highest BCUT2D eigenvalue weighted by atomic mass is 16.6. The molecular formula is C12H16O. The zero-order valence-electron chi connectivity index (χ0n) is 8.29. The molecule has 70 valence electrons. The van der Waals surface area contributed by atoms with Gasteiger partial charge in [-0.15, -0.1) is 0 Å². The van der Waals surface area contributed by atoms with Crippen LogP contribution in [0.4, 0.5) is 0 Å². The van der Waals surface area contributed by atoms with Crippen molar-refractivity contribution in [3.63, 3.8) is 0 Å². The van der Waals surface area contributed by atoms with Crippen LogP contribution in [0.15, 0.2) is 24.3 Å². The van der Waals surface area contributed by atoms with E-state index in [9.17, 15) is 0 Å². The van der Waals surface area contributed by atoms with Crippen molar-refractivity contribution in [2.75, 3.05) is 6.61 Å². The Hall–Kier alpha value is -0.820. The summed E-state index contributed by atoms with van der Waals surface area (Å²) in [5.41, 5.74) is 2.76. The molecule has 0 N–H and O–H groups in total. The number of ether oxygens (including phenoxy) is 1. The van der Waals surface area contributed by atoms with Gasteiger partial charge in [-0.05, 0) is 23.5 Å². The van der Waals surface area contributed by atoms with Gasteiger partial charge in [0.05, 0.1) is 6.61 Å². The molecule has 0 saturated carbocycles. The highest BCUT2D eigenvalue weighted by Crippen LogP contribution is 2.29. The van der Waals surface area contributed by atoms with Crippen LogP contribution >= 0.6 is 0 Å². The van der Waals surface area contributed by atoms with Crippen molar-refractivity contribution in [3.8, 4) is 0 Å². The molecule has 1 fully saturated rings. The normalized spacial score (nSPS) is 20.7. The van der Waals surface area contributed by atoms with Crippen LogP contribution < -0.4 is 0 Å². The zero-order valence-corrected chi connectivity index (χ0v) is 8.29. The lowest BCUT2D eigenvalue weighted by Crippen LogP contribution is -1.93. The molecule has 1 aliphatic heterocycles. The van der Waals surface area contributed by atoms with E-state index >= 15 is 0 Å². The Bertz CT molecular complexity index is 270. The van der Waals surface area contributed by atoms with Gasteiger partial charge in [0, 0.05) is 0 Å². The third-order valence-corrected chi connectivity index (χ3v) is 2.33. The summed E-state index contributed by atoms with van der Waals surface area (Å²) in [4.78, 5) is 0. The lowest BCUT2D eigenvalue weighted by Gasteiger charge is -2.04. The molecule has 1 aromatic rings. The predicted molar refractivity (Wildman–Crippen MR) is 53.7 cm³/mol. The molecule has 1 atom stereocenters. The average Bonchev–Trinajstić information content (AvgIpc) is 2.87. The Labute approximate surface area is 79.7 Å². The van der Waals surface area contributed by atoms with E-state index in [1.165, 1.54) is 17.5 Å². The molecule has 1 nitrogen and oxygen atoms in total. The number of epoxide rings is 1. The van der Waals surface area contributed by atoms with Gasteiger partial charge in [-0.3, -0.25) is 0 Å². The SMILES string of the molecule is CC(C)Cc1ccc([C@H]2CO2)cc1. The molecule has 13 heavy (non-hydrogen) atoms. The van der Waals surface area contributed by atoms with Gasteiger partial charge in [0.1, 0.15) is 6.10 Å². The second kappa shape index (κ2) is 3.51. The summed E-state index contributed by atoms with van der Waals surface area (Å²) in [6.07, 6.45) is 1.57. The Morgan fingerprint density at radius 1 is 1.31 bits per heavy atom. The van der Waals surface area contributed by atoms with Gasteiger partial charge in [-0.1, -0.05) is 38.1 Å². The maximum Gasteiger partial charge on any atom is 0.106 e. The van der Waals surface area contributed by atoms with Gasteiger partial charge < -0.3 is 4.74 Å². The highest BCUT2D eigenvalue weighted by Gasteiger charge is 2.24. The molecular weight excluding hydrogens is 160 g/mol. The number of benzene rings is 1. The third-order valence-electron chi connectivity index (χ3n) is 2.33. The molecule has 0 radical (unpaired) electrons. The molecule has 0 aliphatic carbocycles. The second-order valence-corrected chi connectivity index (χ2v) is 4.16. The fourth-order valence-corrected chi connectivity index (χ4v) is 1.58. The molecule has 1 aromatic carbocycles. The van der Waals surface area contributed by atoms with E-state index in [2.05, 4.69) is 38.1 Å². The van der Waals surface area contributed by atoms with Crippen LogP contribution in [0.3, 0.4) is 0 Å². The van der Waals surface area contributed by atoms with Gasteiger partial charge in [0.15, 0.2) is 0 Å². The largest absolute Gasteiger partial charge is 0.368 e. The van der Waals surface area contributed by atoms with Gasteiger partial charge in [-0.25, -0.2) is 0 Å². The van der Waals surface area contributed by atoms with Crippen LogP contribution in [0.2, 0.25) is 0 Å². The third kappa shape index (κ3) is 2.31. The molecule has 1 aliphatic rings. The summed E-state index contributed by atoms with van der Waals surface area (Å²) in [6.45, 7) is 5.40. The fraction of sp³-hybridized carbons (Fsp3) is 0.500. The maximum absolute atomic E-state index is 5.22. The van der Waals surface area contributed by atoms with E-state index in [-0.39, 0.29) is 0 Å². The van der Waals surface area contributed by atoms with Crippen molar-refractivity contribution >= 4 is 0 Å². The Balaban J connectivity index is 2.04. The minimum atomic E-state index is 0.396. The van der Waals surface area contributed by atoms with Crippen molar-refractivity contribution in [2.45, 2.75) is 26.4 Å². The Kier molecular flexibility index (Phi) is 2.36. The number of hydrogen-bond donors (Lipinski definition) is 0. The lowest BCUT2D eigenvalue weighted by molar-refractivity contribution is 0.415. The molecule has 1 saturated heterocycles. The molecule has 1 heterocycles. The summed E-state index contributed by atoms with van der Waals surface area (Å²) >= 11 is 0. The summed E-state index contributed by atoms with van der Waals surface area (Å²) in [7, 11) is 0. The van der Waals surface area contributed by atoms with Crippen LogP contribution in [-0.2, 0) is 11.2 Å². The lowest BCUT2D eigenvalue weighted by atomic mass is 10.0. The first-order valence-electron chi connectivity index (χ1n) is 4.96. The average molecular weight is 176 g/mol. The Morgan fingerprint density at radius 3 is 2.38 bits per heavy atom. The summed E-state index contributed by atoms with van der Waals surface area (Å²) in [5.74, 6) is 0.739. The van der Waals surface area contributed by atoms with Crippen molar-refractivity contribution < 1.29 is 4.74 Å². The molecule has 1 heteroatoms. The fourth-order valence-electron chi connectivity index (χ4n) is 1.58.